The van der Waals surface area contributed by atoms with Gasteiger partial charge >= 0.3 is 6.09 Å². The number of pyridine rings is 1. The summed E-state index contributed by atoms with van der Waals surface area (Å²) >= 11 is 12.2. The van der Waals surface area contributed by atoms with Crippen LogP contribution in [0.3, 0.4) is 0 Å². The second-order valence-electron chi connectivity index (χ2n) is 9.06. The van der Waals surface area contributed by atoms with E-state index in [-0.39, 0.29) is 27.4 Å². The Morgan fingerprint density at radius 3 is 2.60 bits per heavy atom. The largest absolute Gasteiger partial charge is 0.465 e. The van der Waals surface area contributed by atoms with Crippen molar-refractivity contribution in [2.45, 2.75) is 58.5 Å². The zero-order chi connectivity index (χ0) is 22.0. The van der Waals surface area contributed by atoms with Gasteiger partial charge in [-0.15, -0.1) is 0 Å². The van der Waals surface area contributed by atoms with Crippen LogP contribution in [0.15, 0.2) is 0 Å². The number of halogens is 3. The van der Waals surface area contributed by atoms with Crippen LogP contribution in [0, 0.1) is 11.2 Å². The van der Waals surface area contributed by atoms with E-state index in [4.69, 9.17) is 23.2 Å². The topological polar surface area (TPSA) is 82.5 Å². The molecule has 162 valence electrons. The molecular weight excluding hydrogens is 432 g/mol. The van der Waals surface area contributed by atoms with Crippen LogP contribution in [-0.2, 0) is 6.42 Å². The Hall–Kier alpha value is -1.93. The first kappa shape index (κ1) is 21.3. The van der Waals surface area contributed by atoms with Gasteiger partial charge in [0.2, 0.25) is 5.28 Å². The van der Waals surface area contributed by atoms with Crippen LogP contribution in [0.4, 0.5) is 15.0 Å². The molecule has 2 aliphatic heterocycles. The Morgan fingerprint density at radius 1 is 1.30 bits per heavy atom. The zero-order valence-corrected chi connectivity index (χ0v) is 18.9. The second kappa shape index (κ2) is 7.05. The van der Waals surface area contributed by atoms with Crippen LogP contribution in [0.1, 0.15) is 46.2 Å². The van der Waals surface area contributed by atoms with E-state index in [9.17, 15) is 14.3 Å². The van der Waals surface area contributed by atoms with Gasteiger partial charge in [-0.3, -0.25) is 4.90 Å². The molecule has 2 aliphatic rings. The maximum atomic E-state index is 14.8. The number of hydrogen-bond acceptors (Lipinski definition) is 5. The third-order valence-corrected chi connectivity index (χ3v) is 7.03. The molecule has 0 aliphatic carbocycles. The number of nitrogens with zero attached hydrogens (tertiary/aromatic N) is 5. The minimum absolute atomic E-state index is 0.0414. The minimum atomic E-state index is -0.911. The van der Waals surface area contributed by atoms with Gasteiger partial charge in [0, 0.05) is 13.1 Å². The molecule has 2 bridgehead atoms. The lowest BCUT2D eigenvalue weighted by atomic mass is 9.71. The Morgan fingerprint density at radius 2 is 2.00 bits per heavy atom. The van der Waals surface area contributed by atoms with Crippen molar-refractivity contribution in [3.8, 4) is 0 Å². The van der Waals surface area contributed by atoms with Gasteiger partial charge in [-0.05, 0) is 36.3 Å². The van der Waals surface area contributed by atoms with E-state index in [1.807, 2.05) is 11.8 Å². The van der Waals surface area contributed by atoms with E-state index < -0.39 is 17.4 Å². The summed E-state index contributed by atoms with van der Waals surface area (Å²) in [7, 11) is 0. The molecule has 2 atom stereocenters. The molecule has 0 saturated carbocycles. The van der Waals surface area contributed by atoms with Crippen molar-refractivity contribution in [1.82, 2.24) is 19.9 Å². The average Bonchev–Trinajstić information content (AvgIpc) is 2.92. The van der Waals surface area contributed by atoms with E-state index in [0.717, 1.165) is 12.8 Å². The highest BCUT2D eigenvalue weighted by molar-refractivity contribution is 6.31. The number of aromatic nitrogens is 3. The van der Waals surface area contributed by atoms with E-state index in [1.54, 1.807) is 4.90 Å². The van der Waals surface area contributed by atoms with Crippen LogP contribution in [-0.4, -0.2) is 55.7 Å². The number of rotatable bonds is 2. The van der Waals surface area contributed by atoms with Crippen LogP contribution < -0.4 is 4.90 Å². The number of hydrogen-bond donors (Lipinski definition) is 1. The lowest BCUT2D eigenvalue weighted by molar-refractivity contribution is 0.00532. The molecule has 7 nitrogen and oxygen atoms in total. The molecular formula is C20H24Cl2FN5O2. The summed E-state index contributed by atoms with van der Waals surface area (Å²) in [5.41, 5.74) is -0.289. The Balaban J connectivity index is 1.92. The fraction of sp³-hybridized carbons (Fsp3) is 0.600. The molecule has 30 heavy (non-hydrogen) atoms. The maximum Gasteiger partial charge on any atom is 0.408 e. The molecule has 0 spiro atoms. The van der Waals surface area contributed by atoms with Crippen molar-refractivity contribution < 1.29 is 14.3 Å². The highest BCUT2D eigenvalue weighted by Crippen LogP contribution is 2.50. The molecule has 4 heterocycles. The first-order valence-electron chi connectivity index (χ1n) is 9.98. The predicted molar refractivity (Wildman–Crippen MR) is 114 cm³/mol. The van der Waals surface area contributed by atoms with E-state index in [0.29, 0.717) is 36.4 Å². The second-order valence-corrected chi connectivity index (χ2v) is 9.76. The molecule has 0 radical (unpaired) electrons. The van der Waals surface area contributed by atoms with Gasteiger partial charge in [-0.1, -0.05) is 39.3 Å². The number of aryl methyl sites for hydroxylation is 1. The molecule has 0 unspecified atom stereocenters. The SMILES string of the molecule is CCc1nc(Cl)c(F)c2nc(Cl)nc(N3C[C@@H]4CC[C@@](C(C)(C)C)(C3)N4C(=O)O)c12. The van der Waals surface area contributed by atoms with Gasteiger partial charge < -0.3 is 10.0 Å². The smallest absolute Gasteiger partial charge is 0.408 e. The third kappa shape index (κ3) is 2.99. The monoisotopic (exact) mass is 455 g/mol. The van der Waals surface area contributed by atoms with Crippen molar-refractivity contribution >= 4 is 46.0 Å². The summed E-state index contributed by atoms with van der Waals surface area (Å²) in [6, 6.07) is -0.186. The lowest BCUT2D eigenvalue weighted by Gasteiger charge is -2.54. The average molecular weight is 456 g/mol. The van der Waals surface area contributed by atoms with Crippen molar-refractivity contribution in [3.63, 3.8) is 0 Å². The van der Waals surface area contributed by atoms with Crippen molar-refractivity contribution in [1.29, 1.82) is 0 Å². The Kier molecular flexibility index (Phi) is 5.01. The van der Waals surface area contributed by atoms with Crippen molar-refractivity contribution in [2.75, 3.05) is 18.0 Å². The molecule has 10 heteroatoms. The van der Waals surface area contributed by atoms with Gasteiger partial charge in [0.15, 0.2) is 11.0 Å². The Bertz CT molecular complexity index is 1040. The van der Waals surface area contributed by atoms with Crippen LogP contribution in [0.2, 0.25) is 10.4 Å². The van der Waals surface area contributed by atoms with Crippen molar-refractivity contribution in [2.24, 2.45) is 5.41 Å². The molecule has 2 aromatic heterocycles. The normalized spacial score (nSPS) is 24.0. The van der Waals surface area contributed by atoms with Gasteiger partial charge in [0.05, 0.1) is 22.7 Å². The van der Waals surface area contributed by atoms with Crippen molar-refractivity contribution in [3.05, 3.63) is 21.9 Å². The summed E-state index contributed by atoms with van der Waals surface area (Å²) in [4.78, 5) is 28.5. The lowest BCUT2D eigenvalue weighted by Crippen LogP contribution is -2.68. The number of anilines is 1. The van der Waals surface area contributed by atoms with E-state index in [2.05, 4.69) is 35.7 Å². The van der Waals surface area contributed by atoms with Crippen LogP contribution in [0.25, 0.3) is 10.9 Å². The number of carbonyl (C=O) groups is 1. The number of fused-ring (bicyclic) bond motifs is 3. The Labute approximate surface area is 184 Å². The van der Waals surface area contributed by atoms with E-state index >= 15 is 0 Å². The van der Waals surface area contributed by atoms with Gasteiger partial charge in [0.1, 0.15) is 11.3 Å². The summed E-state index contributed by atoms with van der Waals surface area (Å²) in [5, 5.41) is 10.1. The fourth-order valence-corrected chi connectivity index (χ4v) is 5.45. The first-order chi connectivity index (χ1) is 14.0. The highest BCUT2D eigenvalue weighted by Gasteiger charge is 2.59. The predicted octanol–water partition coefficient (Wildman–Crippen LogP) is 4.78. The first-order valence-corrected chi connectivity index (χ1v) is 10.7. The molecule has 1 amide bonds. The molecule has 2 aromatic rings. The standard InChI is InChI=1S/C20H24Cl2FN5O2/c1-5-11-12-14(13(23)15(21)24-11)25-17(22)26-16(12)27-8-10-6-7-20(9-27,19(2,3)4)28(10)18(29)30/h10H,5-9H2,1-4H3,(H,29,30)/t10-,20-/m0/s1. The van der Waals surface area contributed by atoms with Gasteiger partial charge in [-0.2, -0.15) is 4.98 Å². The summed E-state index contributed by atoms with van der Waals surface area (Å²) in [6.45, 7) is 8.93. The maximum absolute atomic E-state index is 14.8. The molecule has 4 rings (SSSR count). The summed E-state index contributed by atoms with van der Waals surface area (Å²) in [5.74, 6) is -0.248. The van der Waals surface area contributed by atoms with Gasteiger partial charge in [-0.25, -0.2) is 19.2 Å². The fourth-order valence-electron chi connectivity index (χ4n) is 5.09. The van der Waals surface area contributed by atoms with Crippen LogP contribution >= 0.6 is 23.2 Å². The van der Waals surface area contributed by atoms with E-state index in [1.165, 1.54) is 0 Å². The number of piperazine rings is 1. The van der Waals surface area contributed by atoms with Gasteiger partial charge in [0.25, 0.3) is 0 Å². The third-order valence-electron chi connectivity index (χ3n) is 6.61. The summed E-state index contributed by atoms with van der Waals surface area (Å²) < 4.78 is 14.8. The number of carboxylic acid groups (broad SMARTS) is 1. The molecule has 2 fully saturated rings. The zero-order valence-electron chi connectivity index (χ0n) is 17.3. The highest BCUT2D eigenvalue weighted by atomic mass is 35.5. The quantitative estimate of drug-likeness (QED) is 0.518. The molecule has 2 saturated heterocycles. The minimum Gasteiger partial charge on any atom is -0.465 e. The summed E-state index contributed by atoms with van der Waals surface area (Å²) in [6.07, 6.45) is 1.11. The van der Waals surface area contributed by atoms with Crippen LogP contribution in [0.5, 0.6) is 0 Å². The molecule has 1 N–H and O–H groups in total. The number of amides is 1. The molecule has 0 aromatic carbocycles.